The summed E-state index contributed by atoms with van der Waals surface area (Å²) < 4.78 is 5.92. The van der Waals surface area contributed by atoms with Crippen LogP contribution in [0, 0.1) is 5.92 Å². The summed E-state index contributed by atoms with van der Waals surface area (Å²) in [7, 11) is 2.25. The van der Waals surface area contributed by atoms with E-state index in [1.54, 1.807) is 0 Å². The first-order valence-corrected chi connectivity index (χ1v) is 6.23. The van der Waals surface area contributed by atoms with Gasteiger partial charge in [0.25, 0.3) is 0 Å². The summed E-state index contributed by atoms with van der Waals surface area (Å²) in [5.41, 5.74) is 0.454. The van der Waals surface area contributed by atoms with Crippen LogP contribution in [0.3, 0.4) is 0 Å². The second-order valence-corrected chi connectivity index (χ2v) is 6.28. The molecule has 2 fully saturated rings. The Labute approximate surface area is 94.0 Å². The van der Waals surface area contributed by atoms with Gasteiger partial charge in [-0.3, -0.25) is 4.90 Å². The van der Waals surface area contributed by atoms with Crippen LogP contribution < -0.4 is 0 Å². The molecule has 0 spiro atoms. The van der Waals surface area contributed by atoms with Crippen LogP contribution in [0.4, 0.5) is 0 Å². The molecule has 0 radical (unpaired) electrons. The highest BCUT2D eigenvalue weighted by molar-refractivity contribution is 5.15. The van der Waals surface area contributed by atoms with E-state index in [0.29, 0.717) is 18.1 Å². The fraction of sp³-hybridized carbons (Fsp3) is 1.00. The van der Waals surface area contributed by atoms with E-state index in [9.17, 15) is 0 Å². The highest BCUT2D eigenvalue weighted by atomic mass is 16.6. The summed E-state index contributed by atoms with van der Waals surface area (Å²) in [6.45, 7) is 11.6. The predicted molar refractivity (Wildman–Crippen MR) is 63.0 cm³/mol. The van der Waals surface area contributed by atoms with Crippen molar-refractivity contribution in [1.29, 1.82) is 0 Å². The third kappa shape index (κ3) is 1.45. The SMILES string of the molecule is CCCC1C2OC2C(C)(C)N(C)C1(C)C. The van der Waals surface area contributed by atoms with E-state index < -0.39 is 0 Å². The van der Waals surface area contributed by atoms with Crippen molar-refractivity contribution in [3.8, 4) is 0 Å². The third-order valence-electron chi connectivity index (χ3n) is 4.85. The topological polar surface area (TPSA) is 15.8 Å². The second-order valence-electron chi connectivity index (χ2n) is 6.28. The van der Waals surface area contributed by atoms with Gasteiger partial charge in [-0.1, -0.05) is 13.3 Å². The predicted octanol–water partition coefficient (Wildman–Crippen LogP) is 2.67. The van der Waals surface area contributed by atoms with Crippen LogP contribution in [-0.4, -0.2) is 35.2 Å². The Morgan fingerprint density at radius 2 is 1.73 bits per heavy atom. The molecule has 3 unspecified atom stereocenters. The minimum atomic E-state index is 0.193. The Hall–Kier alpha value is -0.0800. The third-order valence-corrected chi connectivity index (χ3v) is 4.85. The number of hydrogen-bond acceptors (Lipinski definition) is 2. The molecule has 2 heterocycles. The molecule has 0 aromatic heterocycles. The first kappa shape index (κ1) is 11.4. The van der Waals surface area contributed by atoms with Crippen LogP contribution in [0.25, 0.3) is 0 Å². The fourth-order valence-electron chi connectivity index (χ4n) is 3.41. The van der Waals surface area contributed by atoms with Crippen molar-refractivity contribution < 1.29 is 4.74 Å². The van der Waals surface area contributed by atoms with Crippen molar-refractivity contribution in [1.82, 2.24) is 4.90 Å². The monoisotopic (exact) mass is 211 g/mol. The highest BCUT2D eigenvalue weighted by Crippen LogP contribution is 2.52. The van der Waals surface area contributed by atoms with Gasteiger partial charge in [0.1, 0.15) is 6.10 Å². The second kappa shape index (κ2) is 3.21. The normalized spacial score (nSPS) is 42.4. The molecule has 2 heteroatoms. The minimum Gasteiger partial charge on any atom is -0.367 e. The maximum Gasteiger partial charge on any atom is 0.102 e. The molecule has 0 saturated carbocycles. The van der Waals surface area contributed by atoms with Crippen molar-refractivity contribution in [2.75, 3.05) is 7.05 Å². The van der Waals surface area contributed by atoms with Gasteiger partial charge >= 0.3 is 0 Å². The number of ether oxygens (including phenoxy) is 1. The maximum atomic E-state index is 5.92. The number of nitrogens with zero attached hydrogens (tertiary/aromatic N) is 1. The summed E-state index contributed by atoms with van der Waals surface area (Å²) in [6.07, 6.45) is 3.53. The lowest BCUT2D eigenvalue weighted by molar-refractivity contribution is -0.0266. The molecule has 2 saturated heterocycles. The maximum absolute atomic E-state index is 5.92. The Morgan fingerprint density at radius 1 is 1.13 bits per heavy atom. The van der Waals surface area contributed by atoms with Crippen LogP contribution in [-0.2, 0) is 4.74 Å². The van der Waals surface area contributed by atoms with Crippen molar-refractivity contribution in [2.45, 2.75) is 70.7 Å². The molecule has 0 bridgehead atoms. The molecular formula is C13H25NO. The summed E-state index contributed by atoms with van der Waals surface area (Å²) in [5.74, 6) is 0.700. The van der Waals surface area contributed by atoms with Gasteiger partial charge in [0, 0.05) is 17.0 Å². The minimum absolute atomic E-state index is 0.193. The van der Waals surface area contributed by atoms with Gasteiger partial charge in [0.2, 0.25) is 0 Å². The van der Waals surface area contributed by atoms with Gasteiger partial charge in [-0.15, -0.1) is 0 Å². The van der Waals surface area contributed by atoms with Gasteiger partial charge in [0.15, 0.2) is 0 Å². The van der Waals surface area contributed by atoms with Gasteiger partial charge in [-0.05, 0) is 41.2 Å². The van der Waals surface area contributed by atoms with Crippen molar-refractivity contribution >= 4 is 0 Å². The summed E-state index contributed by atoms with van der Waals surface area (Å²) in [5, 5.41) is 0. The molecule has 0 amide bonds. The summed E-state index contributed by atoms with van der Waals surface area (Å²) in [6, 6.07) is 0. The average Bonchev–Trinajstić information content (AvgIpc) is 2.90. The Bertz CT molecular complexity index is 259. The van der Waals surface area contributed by atoms with E-state index in [2.05, 4.69) is 46.6 Å². The fourth-order valence-corrected chi connectivity index (χ4v) is 3.41. The number of rotatable bonds is 2. The van der Waals surface area contributed by atoms with Crippen molar-refractivity contribution in [3.05, 3.63) is 0 Å². The zero-order valence-electron chi connectivity index (χ0n) is 11.0. The van der Waals surface area contributed by atoms with Crippen molar-refractivity contribution in [3.63, 3.8) is 0 Å². The number of likely N-dealkylation sites (tertiary alicyclic amines) is 1. The molecule has 88 valence electrons. The first-order valence-electron chi connectivity index (χ1n) is 6.23. The molecule has 3 atom stereocenters. The molecule has 2 nitrogen and oxygen atoms in total. The molecule has 2 aliphatic heterocycles. The number of piperidine rings is 1. The Balaban J connectivity index is 2.25. The lowest BCUT2D eigenvalue weighted by Crippen LogP contribution is -2.64. The highest BCUT2D eigenvalue weighted by Gasteiger charge is 2.64. The zero-order valence-corrected chi connectivity index (χ0v) is 11.0. The van der Waals surface area contributed by atoms with E-state index in [0.717, 1.165) is 0 Å². The van der Waals surface area contributed by atoms with Crippen LogP contribution in [0.5, 0.6) is 0 Å². The van der Waals surface area contributed by atoms with Gasteiger partial charge in [-0.2, -0.15) is 0 Å². The molecule has 0 aromatic carbocycles. The lowest BCUT2D eigenvalue weighted by Gasteiger charge is -2.52. The molecule has 0 aromatic rings. The van der Waals surface area contributed by atoms with E-state index in [1.807, 2.05) is 0 Å². The summed E-state index contributed by atoms with van der Waals surface area (Å²) in [4.78, 5) is 2.52. The average molecular weight is 211 g/mol. The van der Waals surface area contributed by atoms with Gasteiger partial charge in [0.05, 0.1) is 6.10 Å². The molecule has 15 heavy (non-hydrogen) atoms. The molecule has 0 aliphatic carbocycles. The largest absolute Gasteiger partial charge is 0.367 e. The molecule has 2 rings (SSSR count). The van der Waals surface area contributed by atoms with Crippen molar-refractivity contribution in [2.24, 2.45) is 5.92 Å². The van der Waals surface area contributed by atoms with E-state index in [1.165, 1.54) is 12.8 Å². The number of hydrogen-bond donors (Lipinski definition) is 0. The quantitative estimate of drug-likeness (QED) is 0.653. The van der Waals surface area contributed by atoms with Gasteiger partial charge in [-0.25, -0.2) is 0 Å². The lowest BCUT2D eigenvalue weighted by atomic mass is 9.71. The molecule has 2 aliphatic rings. The zero-order chi connectivity index (χ0) is 11.4. The van der Waals surface area contributed by atoms with Crippen LogP contribution >= 0.6 is 0 Å². The number of epoxide rings is 1. The van der Waals surface area contributed by atoms with Gasteiger partial charge < -0.3 is 4.74 Å². The van der Waals surface area contributed by atoms with E-state index >= 15 is 0 Å². The molecular weight excluding hydrogens is 186 g/mol. The van der Waals surface area contributed by atoms with E-state index in [-0.39, 0.29) is 11.1 Å². The number of likely N-dealkylation sites (N-methyl/N-ethyl adjacent to an activating group) is 1. The van der Waals surface area contributed by atoms with Crippen LogP contribution in [0.2, 0.25) is 0 Å². The Kier molecular flexibility index (Phi) is 2.44. The smallest absolute Gasteiger partial charge is 0.102 e. The first-order chi connectivity index (χ1) is 6.83. The van der Waals surface area contributed by atoms with E-state index in [4.69, 9.17) is 4.74 Å². The summed E-state index contributed by atoms with van der Waals surface area (Å²) >= 11 is 0. The molecule has 0 N–H and O–H groups in total. The van der Waals surface area contributed by atoms with Crippen LogP contribution in [0.15, 0.2) is 0 Å². The van der Waals surface area contributed by atoms with Crippen LogP contribution in [0.1, 0.15) is 47.5 Å². The number of fused-ring (bicyclic) bond motifs is 1. The Morgan fingerprint density at radius 3 is 2.27 bits per heavy atom. The standard InChI is InChI=1S/C13H25NO/c1-7-8-9-10-11(15-10)13(4,5)14(6)12(9,2)3/h9-11H,7-8H2,1-6H3.